The zero-order valence-electron chi connectivity index (χ0n) is 14.7. The number of benzene rings is 1. The molecule has 0 bridgehead atoms. The van der Waals surface area contributed by atoms with Gasteiger partial charge in [0.15, 0.2) is 5.13 Å². The number of aromatic nitrogens is 2. The fourth-order valence-corrected chi connectivity index (χ4v) is 3.73. The number of thiazole rings is 1. The van der Waals surface area contributed by atoms with Crippen molar-refractivity contribution in [2.75, 3.05) is 18.4 Å². The number of carbonyl (C=O) groups excluding carboxylic acids is 1. The maximum Gasteiger partial charge on any atom is 0.323 e. The first-order valence-electron chi connectivity index (χ1n) is 8.91. The van der Waals surface area contributed by atoms with Crippen molar-refractivity contribution in [3.05, 3.63) is 60.2 Å². The van der Waals surface area contributed by atoms with Gasteiger partial charge in [-0.05, 0) is 24.3 Å². The molecule has 6 nitrogen and oxygen atoms in total. The number of likely N-dealkylation sites (tertiary alicyclic amines) is 1. The Labute approximate surface area is 161 Å². The van der Waals surface area contributed by atoms with Crippen LogP contribution in [0.3, 0.4) is 0 Å². The molecule has 7 heteroatoms. The molecule has 0 atom stereocenters. The molecule has 1 fully saturated rings. The molecule has 1 N–H and O–H groups in total. The van der Waals surface area contributed by atoms with Gasteiger partial charge in [-0.1, -0.05) is 18.2 Å². The van der Waals surface area contributed by atoms with E-state index in [0.29, 0.717) is 18.2 Å². The SMILES string of the molecule is O=C(Nc1nc(-c2cccnc2)cs1)N1CCC(Oc2ccccc2)CC1. The summed E-state index contributed by atoms with van der Waals surface area (Å²) < 4.78 is 5.98. The number of piperidine rings is 1. The van der Waals surface area contributed by atoms with Crippen molar-refractivity contribution in [2.45, 2.75) is 18.9 Å². The molecule has 1 saturated heterocycles. The summed E-state index contributed by atoms with van der Waals surface area (Å²) in [6, 6.07) is 13.5. The maximum absolute atomic E-state index is 12.5. The Morgan fingerprint density at radius 2 is 1.96 bits per heavy atom. The molecule has 0 spiro atoms. The van der Waals surface area contributed by atoms with E-state index in [2.05, 4.69) is 15.3 Å². The molecule has 0 saturated carbocycles. The van der Waals surface area contributed by atoms with Gasteiger partial charge in [0.05, 0.1) is 5.69 Å². The fourth-order valence-electron chi connectivity index (χ4n) is 3.02. The van der Waals surface area contributed by atoms with E-state index in [4.69, 9.17) is 4.74 Å². The van der Waals surface area contributed by atoms with E-state index >= 15 is 0 Å². The van der Waals surface area contributed by atoms with Crippen molar-refractivity contribution in [3.8, 4) is 17.0 Å². The summed E-state index contributed by atoms with van der Waals surface area (Å²) >= 11 is 1.42. The Morgan fingerprint density at radius 1 is 1.15 bits per heavy atom. The number of carbonyl (C=O) groups is 1. The molecule has 2 aromatic heterocycles. The molecule has 0 unspecified atom stereocenters. The zero-order chi connectivity index (χ0) is 18.5. The summed E-state index contributed by atoms with van der Waals surface area (Å²) in [4.78, 5) is 22.9. The Balaban J connectivity index is 1.29. The van der Waals surface area contributed by atoms with Gasteiger partial charge in [-0.15, -0.1) is 11.3 Å². The number of amides is 2. The molecular formula is C20H20N4O2S. The number of pyridine rings is 1. The number of nitrogens with zero attached hydrogens (tertiary/aromatic N) is 3. The second-order valence-corrected chi connectivity index (χ2v) is 7.19. The molecular weight excluding hydrogens is 360 g/mol. The zero-order valence-corrected chi connectivity index (χ0v) is 15.6. The highest BCUT2D eigenvalue weighted by atomic mass is 32.1. The quantitative estimate of drug-likeness (QED) is 0.734. The topological polar surface area (TPSA) is 67.4 Å². The van der Waals surface area contributed by atoms with E-state index < -0.39 is 0 Å². The third kappa shape index (κ3) is 4.43. The summed E-state index contributed by atoms with van der Waals surface area (Å²) in [7, 11) is 0. The van der Waals surface area contributed by atoms with Gasteiger partial charge >= 0.3 is 6.03 Å². The second kappa shape index (κ2) is 8.18. The first-order chi connectivity index (χ1) is 13.3. The van der Waals surface area contributed by atoms with Crippen LogP contribution in [0.15, 0.2) is 60.2 Å². The summed E-state index contributed by atoms with van der Waals surface area (Å²) in [5.74, 6) is 0.881. The van der Waals surface area contributed by atoms with Crippen molar-refractivity contribution in [2.24, 2.45) is 0 Å². The molecule has 2 amide bonds. The van der Waals surface area contributed by atoms with E-state index in [0.717, 1.165) is 29.8 Å². The monoisotopic (exact) mass is 380 g/mol. The average molecular weight is 380 g/mol. The molecule has 1 aliphatic rings. The standard InChI is InChI=1S/C20H20N4O2S/c25-20(23-19-22-18(14-27-19)15-5-4-10-21-13-15)24-11-8-17(9-12-24)26-16-6-2-1-3-7-16/h1-7,10,13-14,17H,8-9,11-12H2,(H,22,23,25). The Morgan fingerprint density at radius 3 is 2.70 bits per heavy atom. The average Bonchev–Trinajstić information content (AvgIpc) is 3.18. The lowest BCUT2D eigenvalue weighted by atomic mass is 10.1. The largest absolute Gasteiger partial charge is 0.490 e. The van der Waals surface area contributed by atoms with Crippen LogP contribution in [0.25, 0.3) is 11.3 Å². The molecule has 27 heavy (non-hydrogen) atoms. The third-order valence-corrected chi connectivity index (χ3v) is 5.21. The number of para-hydroxylation sites is 1. The van der Waals surface area contributed by atoms with Gasteiger partial charge in [0, 0.05) is 49.3 Å². The number of nitrogens with one attached hydrogen (secondary N) is 1. The first-order valence-corrected chi connectivity index (χ1v) is 9.79. The van der Waals surface area contributed by atoms with Crippen molar-refractivity contribution >= 4 is 22.5 Å². The van der Waals surface area contributed by atoms with E-state index in [1.807, 2.05) is 52.7 Å². The molecule has 0 aliphatic carbocycles. The summed E-state index contributed by atoms with van der Waals surface area (Å²) in [6.45, 7) is 1.34. The fraction of sp³-hybridized carbons (Fsp3) is 0.250. The van der Waals surface area contributed by atoms with Crippen molar-refractivity contribution in [1.82, 2.24) is 14.9 Å². The molecule has 3 heterocycles. The normalized spacial score (nSPS) is 14.7. The Hall–Kier alpha value is -2.93. The highest BCUT2D eigenvalue weighted by molar-refractivity contribution is 7.14. The lowest BCUT2D eigenvalue weighted by Crippen LogP contribution is -2.43. The molecule has 1 aromatic carbocycles. The lowest BCUT2D eigenvalue weighted by Gasteiger charge is -2.31. The van der Waals surface area contributed by atoms with Gasteiger partial charge in [0.2, 0.25) is 0 Å². The molecule has 3 aromatic rings. The van der Waals surface area contributed by atoms with E-state index in [1.54, 1.807) is 12.4 Å². The second-order valence-electron chi connectivity index (χ2n) is 6.33. The highest BCUT2D eigenvalue weighted by Crippen LogP contribution is 2.25. The minimum atomic E-state index is -0.111. The van der Waals surface area contributed by atoms with E-state index in [-0.39, 0.29) is 12.1 Å². The summed E-state index contributed by atoms with van der Waals surface area (Å²) in [5.41, 5.74) is 1.76. The number of hydrogen-bond acceptors (Lipinski definition) is 5. The van der Waals surface area contributed by atoms with E-state index in [1.165, 1.54) is 11.3 Å². The van der Waals surface area contributed by atoms with Crippen LogP contribution in [-0.2, 0) is 0 Å². The van der Waals surface area contributed by atoms with Crippen LogP contribution in [0.4, 0.5) is 9.93 Å². The van der Waals surface area contributed by atoms with Crippen LogP contribution in [-0.4, -0.2) is 40.1 Å². The molecule has 1 aliphatic heterocycles. The smallest absolute Gasteiger partial charge is 0.323 e. The van der Waals surface area contributed by atoms with Crippen LogP contribution in [0, 0.1) is 0 Å². The van der Waals surface area contributed by atoms with Crippen LogP contribution in [0.1, 0.15) is 12.8 Å². The number of urea groups is 1. The van der Waals surface area contributed by atoms with Crippen molar-refractivity contribution in [1.29, 1.82) is 0 Å². The Kier molecular flexibility index (Phi) is 5.29. The third-order valence-electron chi connectivity index (χ3n) is 4.45. The molecule has 138 valence electrons. The van der Waals surface area contributed by atoms with Gasteiger partial charge in [0.25, 0.3) is 0 Å². The van der Waals surface area contributed by atoms with Crippen molar-refractivity contribution in [3.63, 3.8) is 0 Å². The molecule has 4 rings (SSSR count). The van der Waals surface area contributed by atoms with Gasteiger partial charge in [-0.3, -0.25) is 10.3 Å². The maximum atomic E-state index is 12.5. The van der Waals surface area contributed by atoms with Crippen LogP contribution in [0.2, 0.25) is 0 Å². The molecule has 0 radical (unpaired) electrons. The van der Waals surface area contributed by atoms with Crippen LogP contribution in [0.5, 0.6) is 5.75 Å². The first kappa shape index (κ1) is 17.5. The van der Waals surface area contributed by atoms with Gasteiger partial charge in [0.1, 0.15) is 11.9 Å². The van der Waals surface area contributed by atoms with E-state index in [9.17, 15) is 4.79 Å². The number of rotatable bonds is 4. The minimum Gasteiger partial charge on any atom is -0.490 e. The number of anilines is 1. The number of hydrogen-bond donors (Lipinski definition) is 1. The number of ether oxygens (including phenoxy) is 1. The predicted molar refractivity (Wildman–Crippen MR) is 106 cm³/mol. The lowest BCUT2D eigenvalue weighted by molar-refractivity contribution is 0.115. The van der Waals surface area contributed by atoms with Gasteiger partial charge in [-0.25, -0.2) is 9.78 Å². The summed E-state index contributed by atoms with van der Waals surface area (Å²) in [5, 5.41) is 5.42. The van der Waals surface area contributed by atoms with Crippen molar-refractivity contribution < 1.29 is 9.53 Å². The van der Waals surface area contributed by atoms with Gasteiger partial charge < -0.3 is 9.64 Å². The summed E-state index contributed by atoms with van der Waals surface area (Å²) in [6.07, 6.45) is 5.28. The van der Waals surface area contributed by atoms with Crippen LogP contribution < -0.4 is 10.1 Å². The predicted octanol–water partition coefficient (Wildman–Crippen LogP) is 4.28. The highest BCUT2D eigenvalue weighted by Gasteiger charge is 2.24. The minimum absolute atomic E-state index is 0.111. The van der Waals surface area contributed by atoms with Gasteiger partial charge in [-0.2, -0.15) is 0 Å². The Bertz CT molecular complexity index is 877. The van der Waals surface area contributed by atoms with Crippen LogP contribution >= 0.6 is 11.3 Å².